The summed E-state index contributed by atoms with van der Waals surface area (Å²) < 4.78 is 0. The van der Waals surface area contributed by atoms with Gasteiger partial charge in [0, 0.05) is 28.4 Å². The summed E-state index contributed by atoms with van der Waals surface area (Å²) >= 11 is 1.97. The lowest BCUT2D eigenvalue weighted by Crippen LogP contribution is -2.49. The third-order valence-corrected chi connectivity index (χ3v) is 5.74. The molecule has 2 rings (SSSR count). The molecule has 1 saturated heterocycles. The van der Waals surface area contributed by atoms with E-state index in [0.717, 1.165) is 18.9 Å². The molecule has 1 aromatic heterocycles. The zero-order chi connectivity index (χ0) is 13.1. The van der Waals surface area contributed by atoms with Crippen LogP contribution in [0, 0.1) is 5.92 Å². The summed E-state index contributed by atoms with van der Waals surface area (Å²) in [7, 11) is 0. The number of nitrogens with zero attached hydrogens (tertiary/aromatic N) is 1. The van der Waals surface area contributed by atoms with Gasteiger partial charge in [0.05, 0.1) is 0 Å². The standard InChI is InChI=1S/C15H26N2S/c1-4-13-7-8-15(18-13)12(3)17-9-5-6-11(2)14(17)10-16/h7-8,11-12,14H,4-6,9-10,16H2,1-3H3. The zero-order valence-corrected chi connectivity index (χ0v) is 12.7. The maximum Gasteiger partial charge on any atom is 0.0416 e. The van der Waals surface area contributed by atoms with Crippen molar-refractivity contribution in [3.05, 3.63) is 21.9 Å². The molecule has 1 aliphatic rings. The fraction of sp³-hybridized carbons (Fsp3) is 0.733. The van der Waals surface area contributed by atoms with Gasteiger partial charge in [-0.2, -0.15) is 0 Å². The van der Waals surface area contributed by atoms with Gasteiger partial charge in [-0.1, -0.05) is 13.8 Å². The van der Waals surface area contributed by atoms with E-state index in [9.17, 15) is 0 Å². The number of likely N-dealkylation sites (tertiary alicyclic amines) is 1. The highest BCUT2D eigenvalue weighted by Crippen LogP contribution is 2.34. The van der Waals surface area contributed by atoms with Gasteiger partial charge in [-0.05, 0) is 50.8 Å². The Kier molecular flexibility index (Phi) is 4.82. The van der Waals surface area contributed by atoms with Crippen LogP contribution in [-0.4, -0.2) is 24.0 Å². The minimum atomic E-state index is 0.520. The van der Waals surface area contributed by atoms with Crippen LogP contribution in [0.4, 0.5) is 0 Å². The van der Waals surface area contributed by atoms with Crippen LogP contribution in [0.1, 0.15) is 49.4 Å². The molecule has 3 atom stereocenters. The predicted molar refractivity (Wildman–Crippen MR) is 80.1 cm³/mol. The van der Waals surface area contributed by atoms with Crippen LogP contribution in [-0.2, 0) is 6.42 Å². The first kappa shape index (κ1) is 14.0. The molecule has 2 nitrogen and oxygen atoms in total. The maximum absolute atomic E-state index is 5.99. The Balaban J connectivity index is 2.13. The summed E-state index contributed by atoms with van der Waals surface area (Å²) in [5.41, 5.74) is 5.99. The van der Waals surface area contributed by atoms with Crippen molar-refractivity contribution < 1.29 is 0 Å². The van der Waals surface area contributed by atoms with E-state index in [2.05, 4.69) is 37.8 Å². The number of nitrogens with two attached hydrogens (primary N) is 1. The molecule has 0 aliphatic carbocycles. The lowest BCUT2D eigenvalue weighted by molar-refractivity contribution is 0.0703. The van der Waals surface area contributed by atoms with Crippen molar-refractivity contribution in [2.45, 2.75) is 52.1 Å². The second kappa shape index (κ2) is 6.18. The Morgan fingerprint density at radius 1 is 1.50 bits per heavy atom. The van der Waals surface area contributed by atoms with Crippen molar-refractivity contribution in [1.29, 1.82) is 0 Å². The van der Waals surface area contributed by atoms with E-state index < -0.39 is 0 Å². The number of thiophene rings is 1. The molecule has 0 saturated carbocycles. The lowest BCUT2D eigenvalue weighted by Gasteiger charge is -2.42. The van der Waals surface area contributed by atoms with Gasteiger partial charge >= 0.3 is 0 Å². The molecule has 3 heteroatoms. The fourth-order valence-electron chi connectivity index (χ4n) is 3.10. The first-order valence-corrected chi connectivity index (χ1v) is 8.03. The van der Waals surface area contributed by atoms with Gasteiger partial charge in [-0.25, -0.2) is 0 Å². The van der Waals surface area contributed by atoms with Crippen molar-refractivity contribution in [3.8, 4) is 0 Å². The molecule has 102 valence electrons. The average Bonchev–Trinajstić information content (AvgIpc) is 2.86. The molecular weight excluding hydrogens is 240 g/mol. The third-order valence-electron chi connectivity index (χ3n) is 4.34. The van der Waals surface area contributed by atoms with Gasteiger partial charge in [-0.15, -0.1) is 11.3 Å². The number of piperidine rings is 1. The molecule has 1 aliphatic heterocycles. The van der Waals surface area contributed by atoms with Gasteiger partial charge in [-0.3, -0.25) is 4.90 Å². The molecule has 18 heavy (non-hydrogen) atoms. The van der Waals surface area contributed by atoms with Gasteiger partial charge in [0.15, 0.2) is 0 Å². The monoisotopic (exact) mass is 266 g/mol. The summed E-state index contributed by atoms with van der Waals surface area (Å²) in [6.07, 6.45) is 3.79. The Morgan fingerprint density at radius 3 is 2.89 bits per heavy atom. The van der Waals surface area contributed by atoms with E-state index in [-0.39, 0.29) is 0 Å². The average molecular weight is 266 g/mol. The molecule has 0 spiro atoms. The second-order valence-electron chi connectivity index (χ2n) is 5.49. The molecule has 0 amide bonds. The molecule has 0 bridgehead atoms. The lowest BCUT2D eigenvalue weighted by atomic mass is 9.89. The van der Waals surface area contributed by atoms with Gasteiger partial charge in [0.25, 0.3) is 0 Å². The summed E-state index contributed by atoms with van der Waals surface area (Å²) in [5.74, 6) is 0.733. The Bertz CT molecular complexity index is 374. The fourth-order valence-corrected chi connectivity index (χ4v) is 4.13. The minimum absolute atomic E-state index is 0.520. The largest absolute Gasteiger partial charge is 0.329 e. The van der Waals surface area contributed by atoms with Crippen LogP contribution in [0.2, 0.25) is 0 Å². The highest BCUT2D eigenvalue weighted by Gasteiger charge is 2.31. The van der Waals surface area contributed by atoms with Gasteiger partial charge in [0.1, 0.15) is 0 Å². The van der Waals surface area contributed by atoms with E-state index in [1.165, 1.54) is 29.1 Å². The molecular formula is C15H26N2S. The predicted octanol–water partition coefficient (Wildman–Crippen LogP) is 3.43. The topological polar surface area (TPSA) is 29.3 Å². The van der Waals surface area contributed by atoms with E-state index in [1.54, 1.807) is 0 Å². The molecule has 1 fully saturated rings. The zero-order valence-electron chi connectivity index (χ0n) is 11.9. The first-order valence-electron chi connectivity index (χ1n) is 7.21. The second-order valence-corrected chi connectivity index (χ2v) is 6.69. The SMILES string of the molecule is CCc1ccc(C(C)N2CCCC(C)C2CN)s1. The maximum atomic E-state index is 5.99. The Hall–Kier alpha value is -0.380. The van der Waals surface area contributed by atoms with E-state index >= 15 is 0 Å². The van der Waals surface area contributed by atoms with E-state index in [0.29, 0.717) is 12.1 Å². The van der Waals surface area contributed by atoms with E-state index in [4.69, 9.17) is 5.73 Å². The molecule has 3 unspecified atom stereocenters. The summed E-state index contributed by atoms with van der Waals surface area (Å²) in [6, 6.07) is 5.66. The molecule has 2 N–H and O–H groups in total. The van der Waals surface area contributed by atoms with E-state index in [1.807, 2.05) is 11.3 Å². The summed E-state index contributed by atoms with van der Waals surface area (Å²) in [5, 5.41) is 0. The highest BCUT2D eigenvalue weighted by atomic mass is 32.1. The van der Waals surface area contributed by atoms with Crippen molar-refractivity contribution in [1.82, 2.24) is 4.90 Å². The summed E-state index contributed by atoms with van der Waals surface area (Å²) in [6.45, 7) is 8.91. The number of aryl methyl sites for hydroxylation is 1. The van der Waals surface area contributed by atoms with Crippen LogP contribution in [0.5, 0.6) is 0 Å². The van der Waals surface area contributed by atoms with Crippen LogP contribution in [0.25, 0.3) is 0 Å². The molecule has 0 aromatic carbocycles. The quantitative estimate of drug-likeness (QED) is 0.904. The Morgan fingerprint density at radius 2 is 2.28 bits per heavy atom. The van der Waals surface area contributed by atoms with Crippen molar-refractivity contribution in [2.24, 2.45) is 11.7 Å². The molecule has 2 heterocycles. The number of rotatable bonds is 4. The summed E-state index contributed by atoms with van der Waals surface area (Å²) in [4.78, 5) is 5.62. The first-order chi connectivity index (χ1) is 8.67. The number of hydrogen-bond acceptors (Lipinski definition) is 3. The van der Waals surface area contributed by atoms with Crippen molar-refractivity contribution in [3.63, 3.8) is 0 Å². The van der Waals surface area contributed by atoms with Gasteiger partial charge in [0.2, 0.25) is 0 Å². The van der Waals surface area contributed by atoms with Crippen molar-refractivity contribution in [2.75, 3.05) is 13.1 Å². The van der Waals surface area contributed by atoms with Crippen LogP contribution in [0.15, 0.2) is 12.1 Å². The minimum Gasteiger partial charge on any atom is -0.329 e. The normalized spacial score (nSPS) is 27.3. The Labute approximate surface area is 115 Å². The third kappa shape index (κ3) is 2.79. The van der Waals surface area contributed by atoms with Crippen LogP contribution in [0.3, 0.4) is 0 Å². The van der Waals surface area contributed by atoms with Crippen LogP contribution < -0.4 is 5.73 Å². The highest BCUT2D eigenvalue weighted by molar-refractivity contribution is 7.12. The number of hydrogen-bond donors (Lipinski definition) is 1. The van der Waals surface area contributed by atoms with Gasteiger partial charge < -0.3 is 5.73 Å². The molecule has 1 aromatic rings. The smallest absolute Gasteiger partial charge is 0.0416 e. The van der Waals surface area contributed by atoms with Crippen LogP contribution >= 0.6 is 11.3 Å². The molecule has 0 radical (unpaired) electrons. The van der Waals surface area contributed by atoms with Crippen molar-refractivity contribution >= 4 is 11.3 Å².